The van der Waals surface area contributed by atoms with Gasteiger partial charge < -0.3 is 15.2 Å². The van der Waals surface area contributed by atoms with Crippen LogP contribution < -0.4 is 10.6 Å². The lowest BCUT2D eigenvalue weighted by Gasteiger charge is -2.30. The molecular formula is C28H37N5O4S2. The molecule has 6 rings (SSSR count). The van der Waals surface area contributed by atoms with E-state index < -0.39 is 16.3 Å². The molecule has 39 heavy (non-hydrogen) atoms. The second-order valence-electron chi connectivity index (χ2n) is 11.4. The molecule has 4 N–H and O–H groups in total. The first kappa shape index (κ1) is 26.9. The monoisotopic (exact) mass is 571 g/mol. The summed E-state index contributed by atoms with van der Waals surface area (Å²) >= 11 is 1.59. The summed E-state index contributed by atoms with van der Waals surface area (Å²) in [5, 5.41) is 24.7. The minimum absolute atomic E-state index is 0.0402. The molecule has 9 nitrogen and oxygen atoms in total. The summed E-state index contributed by atoms with van der Waals surface area (Å²) in [6, 6.07) is 7.81. The molecule has 0 radical (unpaired) electrons. The molecule has 1 aromatic carbocycles. The number of aliphatic hydroxyl groups is 1. The maximum Gasteiger partial charge on any atom is 0.213 e. The van der Waals surface area contributed by atoms with Gasteiger partial charge in [-0.05, 0) is 77.3 Å². The fourth-order valence-electron chi connectivity index (χ4n) is 5.36. The fourth-order valence-corrected chi connectivity index (χ4v) is 8.44. The molecule has 3 fully saturated rings. The van der Waals surface area contributed by atoms with Gasteiger partial charge in [0.15, 0.2) is 15.7 Å². The molecule has 3 saturated carbocycles. The largest absolute Gasteiger partial charge is 0.356 e. The Morgan fingerprint density at radius 3 is 2.49 bits per heavy atom. The first-order chi connectivity index (χ1) is 18.8. The van der Waals surface area contributed by atoms with Crippen LogP contribution in [0, 0.1) is 0 Å². The molecule has 1 atom stereocenters. The summed E-state index contributed by atoms with van der Waals surface area (Å²) in [7, 11) is -3.43. The molecule has 210 valence electrons. The Labute approximate surface area is 233 Å². The van der Waals surface area contributed by atoms with Gasteiger partial charge >= 0.3 is 0 Å². The van der Waals surface area contributed by atoms with Crippen molar-refractivity contribution in [3.05, 3.63) is 41.2 Å². The second-order valence-corrected chi connectivity index (χ2v) is 14.6. The fraction of sp³-hybridized carbons (Fsp3) is 0.571. The van der Waals surface area contributed by atoms with Gasteiger partial charge in [-0.1, -0.05) is 6.07 Å². The Kier molecular flexibility index (Phi) is 7.53. The Bertz CT molecular complexity index is 1400. The zero-order valence-corrected chi connectivity index (χ0v) is 24.0. The molecule has 11 heteroatoms. The molecular weight excluding hydrogens is 534 g/mol. The average molecular weight is 572 g/mol. The van der Waals surface area contributed by atoms with E-state index in [1.807, 2.05) is 38.2 Å². The van der Waals surface area contributed by atoms with E-state index in [2.05, 4.69) is 20.8 Å². The number of nitrogens with zero attached hydrogens (tertiary/aromatic N) is 2. The standard InChI is InChI=1S/C28H37N5O4S2/c1-16(2)37-28(34)31-19-7-5-18(6-8-19)27-29-15-24(38-27)22-12-9-20(13-25(22)39(35,36)21-10-11-21)30-26-14-23(32-33-26)17-3-4-17/h9,12-19,21,28,31,34H,3-8,10-11H2,1-2H3,(H2,30,32,33). The molecule has 0 aliphatic heterocycles. The van der Waals surface area contributed by atoms with Crippen LogP contribution in [-0.4, -0.2) is 52.5 Å². The highest BCUT2D eigenvalue weighted by Crippen LogP contribution is 2.43. The third-order valence-corrected chi connectivity index (χ3v) is 11.3. The Hall–Kier alpha value is -2.31. The number of hydrogen-bond acceptors (Lipinski definition) is 9. The molecule has 2 heterocycles. The highest BCUT2D eigenvalue weighted by atomic mass is 32.2. The van der Waals surface area contributed by atoms with Gasteiger partial charge in [0.25, 0.3) is 0 Å². The maximum atomic E-state index is 13.5. The lowest BCUT2D eigenvalue weighted by molar-refractivity contribution is -0.150. The van der Waals surface area contributed by atoms with E-state index in [0.717, 1.165) is 46.8 Å². The summed E-state index contributed by atoms with van der Waals surface area (Å²) in [6.45, 7) is 3.80. The number of rotatable bonds is 11. The van der Waals surface area contributed by atoms with Gasteiger partial charge in [-0.15, -0.1) is 11.3 Å². The Morgan fingerprint density at radius 1 is 1.05 bits per heavy atom. The predicted octanol–water partition coefficient (Wildman–Crippen LogP) is 5.41. The highest BCUT2D eigenvalue weighted by Gasteiger charge is 2.39. The third-order valence-electron chi connectivity index (χ3n) is 7.78. The van der Waals surface area contributed by atoms with Crippen LogP contribution in [0.3, 0.4) is 0 Å². The highest BCUT2D eigenvalue weighted by molar-refractivity contribution is 7.92. The lowest BCUT2D eigenvalue weighted by Crippen LogP contribution is -2.42. The van der Waals surface area contributed by atoms with Crippen molar-refractivity contribution in [1.29, 1.82) is 0 Å². The number of hydrogen-bond donors (Lipinski definition) is 4. The van der Waals surface area contributed by atoms with Crippen molar-refractivity contribution in [1.82, 2.24) is 20.5 Å². The van der Waals surface area contributed by atoms with Gasteiger partial charge in [0.1, 0.15) is 0 Å². The number of anilines is 2. The van der Waals surface area contributed by atoms with Crippen molar-refractivity contribution in [2.45, 2.75) is 106 Å². The molecule has 3 aliphatic rings. The zero-order chi connectivity index (χ0) is 27.1. The second kappa shape index (κ2) is 10.9. The number of thiazole rings is 1. The molecule has 0 amide bonds. The quantitative estimate of drug-likeness (QED) is 0.225. The average Bonchev–Trinajstić information content (AvgIpc) is 3.84. The van der Waals surface area contributed by atoms with Crippen molar-refractivity contribution in [3.8, 4) is 10.4 Å². The van der Waals surface area contributed by atoms with Gasteiger partial charge in [-0.25, -0.2) is 13.4 Å². The first-order valence-corrected chi connectivity index (χ1v) is 16.4. The minimum Gasteiger partial charge on any atom is -0.356 e. The SMILES string of the molecule is CC(C)OC(O)NC1CCC(c2ncc(-c3ccc(Nc4cc(C5CC5)[nH]n4)cc3S(=O)(=O)C3CC3)s2)CC1. The van der Waals surface area contributed by atoms with Gasteiger partial charge in [0.05, 0.1) is 26.1 Å². The number of ether oxygens (including phenoxy) is 1. The lowest BCUT2D eigenvalue weighted by atomic mass is 9.86. The Morgan fingerprint density at radius 2 is 1.79 bits per heavy atom. The summed E-state index contributed by atoms with van der Waals surface area (Å²) in [4.78, 5) is 5.99. The molecule has 3 aliphatic carbocycles. The number of aromatic amines is 1. The van der Waals surface area contributed by atoms with E-state index in [4.69, 9.17) is 9.72 Å². The van der Waals surface area contributed by atoms with Crippen LogP contribution in [-0.2, 0) is 14.6 Å². The van der Waals surface area contributed by atoms with Crippen LogP contribution >= 0.6 is 11.3 Å². The van der Waals surface area contributed by atoms with Crippen LogP contribution in [0.5, 0.6) is 0 Å². The molecule has 0 saturated heterocycles. The topological polar surface area (TPSA) is 129 Å². The molecule has 0 spiro atoms. The van der Waals surface area contributed by atoms with Crippen molar-refractivity contribution >= 4 is 32.7 Å². The van der Waals surface area contributed by atoms with Crippen LogP contribution in [0.4, 0.5) is 11.5 Å². The number of sulfone groups is 1. The van der Waals surface area contributed by atoms with E-state index >= 15 is 0 Å². The number of aliphatic hydroxyl groups excluding tert-OH is 1. The zero-order valence-electron chi connectivity index (χ0n) is 22.4. The molecule has 0 bridgehead atoms. The van der Waals surface area contributed by atoms with Crippen molar-refractivity contribution < 1.29 is 18.3 Å². The predicted molar refractivity (Wildman–Crippen MR) is 152 cm³/mol. The van der Waals surface area contributed by atoms with Crippen LogP contribution in [0.2, 0.25) is 0 Å². The summed E-state index contributed by atoms with van der Waals surface area (Å²) in [6.07, 6.45) is 8.41. The van der Waals surface area contributed by atoms with Gasteiger partial charge in [-0.2, -0.15) is 5.10 Å². The minimum atomic E-state index is -3.43. The van der Waals surface area contributed by atoms with Gasteiger partial charge in [0.2, 0.25) is 6.41 Å². The number of aromatic nitrogens is 3. The maximum absolute atomic E-state index is 13.5. The van der Waals surface area contributed by atoms with E-state index in [0.29, 0.717) is 41.1 Å². The molecule has 1 unspecified atom stereocenters. The smallest absolute Gasteiger partial charge is 0.213 e. The Balaban J connectivity index is 1.18. The van der Waals surface area contributed by atoms with Crippen molar-refractivity contribution in [2.24, 2.45) is 0 Å². The van der Waals surface area contributed by atoms with Crippen molar-refractivity contribution in [3.63, 3.8) is 0 Å². The van der Waals surface area contributed by atoms with E-state index in [1.165, 1.54) is 12.8 Å². The van der Waals surface area contributed by atoms with Gasteiger partial charge in [-0.3, -0.25) is 10.4 Å². The molecule has 3 aromatic rings. The summed E-state index contributed by atoms with van der Waals surface area (Å²) in [5.41, 5.74) is 2.56. The first-order valence-electron chi connectivity index (χ1n) is 14.0. The van der Waals surface area contributed by atoms with E-state index in [9.17, 15) is 13.5 Å². The number of nitrogens with one attached hydrogen (secondary N) is 3. The number of benzene rings is 1. The van der Waals surface area contributed by atoms with Gasteiger partial charge in [0, 0.05) is 47.1 Å². The van der Waals surface area contributed by atoms with Crippen molar-refractivity contribution in [2.75, 3.05) is 5.32 Å². The normalized spacial score (nSPS) is 22.8. The van der Waals surface area contributed by atoms with E-state index in [-0.39, 0.29) is 17.4 Å². The summed E-state index contributed by atoms with van der Waals surface area (Å²) in [5.74, 6) is 1.60. The van der Waals surface area contributed by atoms with Crippen LogP contribution in [0.1, 0.15) is 87.8 Å². The van der Waals surface area contributed by atoms with Crippen LogP contribution in [0.25, 0.3) is 10.4 Å². The third kappa shape index (κ3) is 6.22. The van der Waals surface area contributed by atoms with E-state index in [1.54, 1.807) is 17.4 Å². The molecule has 2 aromatic heterocycles. The number of H-pyrrole nitrogens is 1. The summed E-state index contributed by atoms with van der Waals surface area (Å²) < 4.78 is 32.4. The van der Waals surface area contributed by atoms with Crippen LogP contribution in [0.15, 0.2) is 35.4 Å².